The van der Waals surface area contributed by atoms with E-state index in [2.05, 4.69) is 4.98 Å². The lowest BCUT2D eigenvalue weighted by Crippen LogP contribution is -2.00. The summed E-state index contributed by atoms with van der Waals surface area (Å²) in [5.41, 5.74) is 0.820. The summed E-state index contributed by atoms with van der Waals surface area (Å²) in [6.07, 6.45) is 2.63. The molecule has 0 aliphatic heterocycles. The Morgan fingerprint density at radius 3 is 2.52 bits per heavy atom. The Bertz CT molecular complexity index is 870. The molecule has 0 aliphatic rings. The van der Waals surface area contributed by atoms with Crippen molar-refractivity contribution in [3.05, 3.63) is 64.6 Å². The van der Waals surface area contributed by atoms with Crippen LogP contribution < -0.4 is 0 Å². The van der Waals surface area contributed by atoms with Crippen molar-refractivity contribution in [1.29, 1.82) is 0 Å². The maximum Gasteiger partial charge on any atom is 0.381 e. The van der Waals surface area contributed by atoms with Crippen molar-refractivity contribution in [3.63, 3.8) is 0 Å². The van der Waals surface area contributed by atoms with Crippen molar-refractivity contribution >= 4 is 22.6 Å². The number of carbonyl (C=O) groups is 1. The first-order chi connectivity index (χ1) is 10.1. The number of rotatable bonds is 3. The van der Waals surface area contributed by atoms with E-state index >= 15 is 0 Å². The Hall–Kier alpha value is -3.22. The second kappa shape index (κ2) is 4.71. The topological polar surface area (TPSA) is 98.3 Å². The average molecular weight is 283 g/mol. The maximum absolute atomic E-state index is 11.2. The highest BCUT2D eigenvalue weighted by molar-refractivity contribution is 6.06. The van der Waals surface area contributed by atoms with Gasteiger partial charge in [-0.15, -0.1) is 0 Å². The van der Waals surface area contributed by atoms with Crippen LogP contribution in [0.2, 0.25) is 0 Å². The monoisotopic (exact) mass is 283 g/mol. The summed E-state index contributed by atoms with van der Waals surface area (Å²) in [7, 11) is 0. The highest BCUT2D eigenvalue weighted by Crippen LogP contribution is 2.26. The normalized spacial score (nSPS) is 10.7. The molecule has 0 radical (unpaired) electrons. The molecule has 0 saturated carbocycles. The zero-order valence-electron chi connectivity index (χ0n) is 10.6. The molecular formula is C14H9N3O4. The summed E-state index contributed by atoms with van der Waals surface area (Å²) in [6.45, 7) is 0. The van der Waals surface area contributed by atoms with Crippen LogP contribution in [0.15, 0.2) is 48.9 Å². The smallest absolute Gasteiger partial charge is 0.381 e. The molecule has 1 N–H and O–H groups in total. The molecule has 3 rings (SSSR count). The van der Waals surface area contributed by atoms with E-state index in [4.69, 9.17) is 0 Å². The fourth-order valence-corrected chi connectivity index (χ4v) is 2.23. The molecule has 1 aromatic heterocycles. The fraction of sp³-hybridized carbons (Fsp3) is 0. The van der Waals surface area contributed by atoms with Gasteiger partial charge in [0.25, 0.3) is 0 Å². The number of nitrogens with zero attached hydrogens (tertiary/aromatic N) is 3. The lowest BCUT2D eigenvalue weighted by molar-refractivity contribution is -0.389. The third kappa shape index (κ3) is 2.10. The Kier molecular flexibility index (Phi) is 2.87. The van der Waals surface area contributed by atoms with Crippen LogP contribution in [-0.4, -0.2) is 25.6 Å². The molecule has 21 heavy (non-hydrogen) atoms. The lowest BCUT2D eigenvalue weighted by atomic mass is 10.0. The summed E-state index contributed by atoms with van der Waals surface area (Å²) >= 11 is 0. The molecule has 3 aromatic rings. The van der Waals surface area contributed by atoms with Gasteiger partial charge in [0.2, 0.25) is 6.33 Å². The van der Waals surface area contributed by atoms with Crippen LogP contribution in [0.5, 0.6) is 0 Å². The van der Waals surface area contributed by atoms with E-state index in [1.807, 2.05) is 0 Å². The number of carboxylic acids is 1. The SMILES string of the molecule is O=C(O)c1ccc(-n2cnc([N+](=O)[O-])c2)c2ccccc12. The van der Waals surface area contributed by atoms with Gasteiger partial charge in [0.15, 0.2) is 0 Å². The number of aromatic nitrogens is 2. The third-order valence-electron chi connectivity index (χ3n) is 3.17. The van der Waals surface area contributed by atoms with Gasteiger partial charge in [-0.1, -0.05) is 24.3 Å². The quantitative estimate of drug-likeness (QED) is 0.588. The van der Waals surface area contributed by atoms with E-state index in [0.29, 0.717) is 16.5 Å². The second-order valence-corrected chi connectivity index (χ2v) is 4.38. The van der Waals surface area contributed by atoms with Crippen LogP contribution in [0.3, 0.4) is 0 Å². The summed E-state index contributed by atoms with van der Waals surface area (Å²) in [5, 5.41) is 21.2. The Morgan fingerprint density at radius 2 is 1.90 bits per heavy atom. The maximum atomic E-state index is 11.2. The predicted molar refractivity (Wildman–Crippen MR) is 74.7 cm³/mol. The molecular weight excluding hydrogens is 274 g/mol. The van der Waals surface area contributed by atoms with Gasteiger partial charge in [-0.2, -0.15) is 0 Å². The first kappa shape index (κ1) is 12.8. The van der Waals surface area contributed by atoms with E-state index in [1.54, 1.807) is 30.3 Å². The van der Waals surface area contributed by atoms with Crippen molar-refractivity contribution in [3.8, 4) is 5.69 Å². The fourth-order valence-electron chi connectivity index (χ4n) is 2.23. The molecule has 0 unspecified atom stereocenters. The number of hydrogen-bond donors (Lipinski definition) is 1. The van der Waals surface area contributed by atoms with Crippen molar-refractivity contribution in [1.82, 2.24) is 9.55 Å². The summed E-state index contributed by atoms with van der Waals surface area (Å²) in [6, 6.07) is 10.1. The Balaban J connectivity index is 2.26. The van der Waals surface area contributed by atoms with Gasteiger partial charge in [0, 0.05) is 5.39 Å². The first-order valence-corrected chi connectivity index (χ1v) is 6.02. The van der Waals surface area contributed by atoms with Crippen molar-refractivity contribution in [2.24, 2.45) is 0 Å². The second-order valence-electron chi connectivity index (χ2n) is 4.38. The highest BCUT2D eigenvalue weighted by Gasteiger charge is 2.15. The molecule has 0 saturated heterocycles. The average Bonchev–Trinajstić information content (AvgIpc) is 2.95. The molecule has 0 aliphatic carbocycles. The van der Waals surface area contributed by atoms with Crippen LogP contribution in [0.25, 0.3) is 16.5 Å². The van der Waals surface area contributed by atoms with Gasteiger partial charge in [0.1, 0.15) is 6.20 Å². The molecule has 2 aromatic carbocycles. The van der Waals surface area contributed by atoms with Gasteiger partial charge in [0.05, 0.1) is 11.3 Å². The number of hydrogen-bond acceptors (Lipinski definition) is 4. The summed E-state index contributed by atoms with van der Waals surface area (Å²) in [5.74, 6) is -1.28. The molecule has 0 spiro atoms. The minimum Gasteiger partial charge on any atom is -0.478 e. The lowest BCUT2D eigenvalue weighted by Gasteiger charge is -2.08. The number of aromatic carboxylic acids is 1. The number of nitro groups is 1. The number of carboxylic acid groups (broad SMARTS) is 1. The largest absolute Gasteiger partial charge is 0.478 e. The van der Waals surface area contributed by atoms with E-state index in [9.17, 15) is 20.0 Å². The van der Waals surface area contributed by atoms with Crippen molar-refractivity contribution < 1.29 is 14.8 Å². The zero-order chi connectivity index (χ0) is 15.0. The minimum atomic E-state index is -1.02. The first-order valence-electron chi connectivity index (χ1n) is 6.02. The molecule has 7 nitrogen and oxygen atoms in total. The molecule has 1 heterocycles. The Morgan fingerprint density at radius 1 is 1.19 bits per heavy atom. The highest BCUT2D eigenvalue weighted by atomic mass is 16.6. The molecule has 0 bridgehead atoms. The van der Waals surface area contributed by atoms with Gasteiger partial charge in [-0.3, -0.25) is 4.57 Å². The molecule has 0 atom stereocenters. The van der Waals surface area contributed by atoms with E-state index in [0.717, 1.165) is 0 Å². The molecule has 7 heteroatoms. The van der Waals surface area contributed by atoms with Crippen LogP contribution in [-0.2, 0) is 0 Å². The van der Waals surface area contributed by atoms with E-state index in [1.165, 1.54) is 23.2 Å². The van der Waals surface area contributed by atoms with Crippen LogP contribution in [0.1, 0.15) is 10.4 Å². The van der Waals surface area contributed by atoms with Gasteiger partial charge in [-0.05, 0) is 27.4 Å². The standard InChI is InChI=1S/C14H9N3O4/c18-14(19)11-5-6-12(10-4-2-1-3-9(10)11)16-7-13(15-8-16)17(20)21/h1-8H,(H,18,19). The number of benzene rings is 2. The molecule has 0 amide bonds. The predicted octanol–water partition coefficient (Wildman–Crippen LogP) is 2.63. The van der Waals surface area contributed by atoms with Crippen molar-refractivity contribution in [2.45, 2.75) is 0 Å². The van der Waals surface area contributed by atoms with Crippen LogP contribution >= 0.6 is 0 Å². The van der Waals surface area contributed by atoms with Crippen LogP contribution in [0.4, 0.5) is 5.82 Å². The van der Waals surface area contributed by atoms with Gasteiger partial charge in [-0.25, -0.2) is 4.79 Å². The zero-order valence-corrected chi connectivity index (χ0v) is 10.6. The van der Waals surface area contributed by atoms with Crippen molar-refractivity contribution in [2.75, 3.05) is 0 Å². The molecule has 104 valence electrons. The van der Waals surface area contributed by atoms with Gasteiger partial charge >= 0.3 is 11.8 Å². The number of fused-ring (bicyclic) bond motifs is 1. The molecule has 0 fully saturated rings. The van der Waals surface area contributed by atoms with Gasteiger partial charge < -0.3 is 15.2 Å². The van der Waals surface area contributed by atoms with E-state index in [-0.39, 0.29) is 11.4 Å². The summed E-state index contributed by atoms with van der Waals surface area (Å²) < 4.78 is 1.51. The summed E-state index contributed by atoms with van der Waals surface area (Å²) in [4.78, 5) is 25.1. The van der Waals surface area contributed by atoms with E-state index < -0.39 is 10.9 Å². The van der Waals surface area contributed by atoms with Crippen LogP contribution in [0, 0.1) is 10.1 Å². The Labute approximate surface area is 118 Å². The number of imidazole rings is 1. The minimum absolute atomic E-state index is 0.184. The third-order valence-corrected chi connectivity index (χ3v) is 3.17.